The second-order valence-corrected chi connectivity index (χ2v) is 4.94. The first-order chi connectivity index (χ1) is 8.00. The largest absolute Gasteiger partial charge is 0.497 e. The average Bonchev–Trinajstić information content (AvgIpc) is 2.36. The van der Waals surface area contributed by atoms with Gasteiger partial charge in [-0.25, -0.2) is 0 Å². The number of ether oxygens (including phenoxy) is 2. The minimum absolute atomic E-state index is 0.000998. The zero-order valence-corrected chi connectivity index (χ0v) is 11.3. The number of hydrogen-bond acceptors (Lipinski definition) is 4. The molecule has 0 N–H and O–H groups in total. The van der Waals surface area contributed by atoms with Gasteiger partial charge in [-0.3, -0.25) is 0 Å². The molecule has 0 heterocycles. The van der Waals surface area contributed by atoms with Crippen LogP contribution < -0.4 is 9.47 Å². The summed E-state index contributed by atoms with van der Waals surface area (Å²) in [4.78, 5) is 0. The van der Waals surface area contributed by atoms with E-state index in [2.05, 4.69) is 32.5 Å². The monoisotopic (exact) mass is 251 g/mol. The summed E-state index contributed by atoms with van der Waals surface area (Å²) in [6, 6.07) is 7.23. The zero-order valence-electron chi connectivity index (χ0n) is 10.4. The van der Waals surface area contributed by atoms with Gasteiger partial charge in [0.05, 0.1) is 25.3 Å². The Bertz CT molecular complexity index is 424. The van der Waals surface area contributed by atoms with Crippen molar-refractivity contribution in [3.63, 3.8) is 0 Å². The topological polar surface area (TPSA) is 42.2 Å². The first kappa shape index (κ1) is 13.7. The summed E-state index contributed by atoms with van der Waals surface area (Å²) in [6.07, 6.45) is 0. The molecule has 0 spiro atoms. The highest BCUT2D eigenvalue weighted by Crippen LogP contribution is 2.25. The summed E-state index contributed by atoms with van der Waals surface area (Å²) in [7, 11) is 1.57. The molecule has 17 heavy (non-hydrogen) atoms. The van der Waals surface area contributed by atoms with Gasteiger partial charge in [0.15, 0.2) is 0 Å². The summed E-state index contributed by atoms with van der Waals surface area (Å²) >= 11 is 4.27. The molecule has 0 atom stereocenters. The molecule has 0 saturated carbocycles. The van der Waals surface area contributed by atoms with E-state index >= 15 is 0 Å². The molecule has 3 nitrogen and oxygen atoms in total. The summed E-state index contributed by atoms with van der Waals surface area (Å²) in [5, 5.41) is 8.88. The van der Waals surface area contributed by atoms with Crippen LogP contribution in [0.2, 0.25) is 0 Å². The number of thiol groups is 1. The van der Waals surface area contributed by atoms with Crippen LogP contribution in [0, 0.1) is 16.7 Å². The van der Waals surface area contributed by atoms with Crippen LogP contribution in [0.25, 0.3) is 0 Å². The lowest BCUT2D eigenvalue weighted by Crippen LogP contribution is -2.23. The third-order valence-electron chi connectivity index (χ3n) is 2.30. The molecule has 1 aromatic carbocycles. The van der Waals surface area contributed by atoms with Gasteiger partial charge in [-0.2, -0.15) is 17.9 Å². The maximum Gasteiger partial charge on any atom is 0.124 e. The lowest BCUT2D eigenvalue weighted by Gasteiger charge is -2.22. The van der Waals surface area contributed by atoms with Gasteiger partial charge in [0, 0.05) is 11.5 Å². The standard InChI is InChI=1S/C13H17NO2S/c1-13(2,9-17)8-16-12-5-10(7-14)4-11(6-12)15-3/h4-6,17H,8-9H2,1-3H3. The second kappa shape index (κ2) is 5.83. The van der Waals surface area contributed by atoms with Crippen molar-refractivity contribution in [1.82, 2.24) is 0 Å². The Kier molecular flexibility index (Phi) is 4.71. The van der Waals surface area contributed by atoms with Gasteiger partial charge in [0.2, 0.25) is 0 Å². The van der Waals surface area contributed by atoms with Gasteiger partial charge in [-0.15, -0.1) is 0 Å². The predicted molar refractivity (Wildman–Crippen MR) is 70.8 cm³/mol. The second-order valence-electron chi connectivity index (χ2n) is 4.62. The highest BCUT2D eigenvalue weighted by molar-refractivity contribution is 7.80. The molecule has 1 rings (SSSR count). The van der Waals surface area contributed by atoms with E-state index in [1.165, 1.54) is 0 Å². The maximum atomic E-state index is 8.88. The molecule has 0 aliphatic carbocycles. The highest BCUT2D eigenvalue weighted by atomic mass is 32.1. The van der Waals surface area contributed by atoms with Crippen molar-refractivity contribution in [2.75, 3.05) is 19.5 Å². The van der Waals surface area contributed by atoms with Gasteiger partial charge >= 0.3 is 0 Å². The summed E-state index contributed by atoms with van der Waals surface area (Å²) < 4.78 is 10.8. The van der Waals surface area contributed by atoms with Crippen molar-refractivity contribution in [1.29, 1.82) is 5.26 Å². The molecule has 0 aliphatic heterocycles. The van der Waals surface area contributed by atoms with Crippen molar-refractivity contribution < 1.29 is 9.47 Å². The Hall–Kier alpha value is -1.34. The predicted octanol–water partition coefficient (Wildman–Crippen LogP) is 2.90. The number of benzene rings is 1. The Morgan fingerprint density at radius 2 is 1.94 bits per heavy atom. The van der Waals surface area contributed by atoms with E-state index in [9.17, 15) is 0 Å². The fourth-order valence-electron chi connectivity index (χ4n) is 1.16. The van der Waals surface area contributed by atoms with E-state index in [4.69, 9.17) is 14.7 Å². The highest BCUT2D eigenvalue weighted by Gasteiger charge is 2.17. The van der Waals surface area contributed by atoms with Crippen LogP contribution in [-0.2, 0) is 0 Å². The van der Waals surface area contributed by atoms with Crippen LogP contribution in [0.3, 0.4) is 0 Å². The molecular weight excluding hydrogens is 234 g/mol. The van der Waals surface area contributed by atoms with Crippen LogP contribution in [0.1, 0.15) is 19.4 Å². The lowest BCUT2D eigenvalue weighted by atomic mass is 9.98. The molecule has 0 fully saturated rings. The summed E-state index contributed by atoms with van der Waals surface area (Å²) in [5.74, 6) is 2.01. The van der Waals surface area contributed by atoms with E-state index in [1.807, 2.05) is 0 Å². The molecule has 0 radical (unpaired) electrons. The van der Waals surface area contributed by atoms with Gasteiger partial charge in [-0.1, -0.05) is 13.8 Å². The summed E-state index contributed by atoms with van der Waals surface area (Å²) in [6.45, 7) is 4.70. The Morgan fingerprint density at radius 3 is 2.47 bits per heavy atom. The Labute approximate surface area is 108 Å². The van der Waals surface area contributed by atoms with Gasteiger partial charge < -0.3 is 9.47 Å². The molecule has 0 saturated heterocycles. The minimum Gasteiger partial charge on any atom is -0.497 e. The van der Waals surface area contributed by atoms with Crippen LogP contribution in [-0.4, -0.2) is 19.5 Å². The fourth-order valence-corrected chi connectivity index (χ4v) is 1.25. The van der Waals surface area contributed by atoms with Crippen molar-refractivity contribution >= 4 is 12.6 Å². The number of nitrogens with zero attached hydrogens (tertiary/aromatic N) is 1. The lowest BCUT2D eigenvalue weighted by molar-refractivity contribution is 0.201. The van der Waals surface area contributed by atoms with Crippen LogP contribution >= 0.6 is 12.6 Å². The molecule has 0 aromatic heterocycles. The maximum absolute atomic E-state index is 8.88. The Balaban J connectivity index is 2.81. The molecule has 0 amide bonds. The van der Waals surface area contributed by atoms with E-state index in [1.54, 1.807) is 25.3 Å². The van der Waals surface area contributed by atoms with E-state index in [0.717, 1.165) is 5.75 Å². The fraction of sp³-hybridized carbons (Fsp3) is 0.462. The Morgan fingerprint density at radius 1 is 1.29 bits per heavy atom. The van der Waals surface area contributed by atoms with Crippen molar-refractivity contribution in [3.05, 3.63) is 23.8 Å². The molecule has 92 valence electrons. The first-order valence-electron chi connectivity index (χ1n) is 5.33. The van der Waals surface area contributed by atoms with E-state index < -0.39 is 0 Å². The third kappa shape index (κ3) is 4.20. The van der Waals surface area contributed by atoms with Crippen molar-refractivity contribution in [2.45, 2.75) is 13.8 Å². The molecule has 0 bridgehead atoms. The smallest absolute Gasteiger partial charge is 0.124 e. The third-order valence-corrected chi connectivity index (χ3v) is 3.16. The normalized spacial score (nSPS) is 10.8. The summed E-state index contributed by atoms with van der Waals surface area (Å²) in [5.41, 5.74) is 0.530. The van der Waals surface area contributed by atoms with Gasteiger partial charge in [0.25, 0.3) is 0 Å². The number of nitriles is 1. The minimum atomic E-state index is -0.000998. The molecule has 4 heteroatoms. The van der Waals surface area contributed by atoms with Crippen LogP contribution in [0.5, 0.6) is 11.5 Å². The van der Waals surface area contributed by atoms with Gasteiger partial charge in [0.1, 0.15) is 11.5 Å². The van der Waals surface area contributed by atoms with Gasteiger partial charge in [-0.05, 0) is 17.9 Å². The molecule has 0 aliphatic rings. The number of rotatable bonds is 5. The number of hydrogen-bond donors (Lipinski definition) is 1. The van der Waals surface area contributed by atoms with E-state index in [0.29, 0.717) is 23.7 Å². The van der Waals surface area contributed by atoms with E-state index in [-0.39, 0.29) is 5.41 Å². The van der Waals surface area contributed by atoms with Crippen LogP contribution in [0.4, 0.5) is 0 Å². The van der Waals surface area contributed by atoms with Crippen molar-refractivity contribution in [2.24, 2.45) is 5.41 Å². The first-order valence-corrected chi connectivity index (χ1v) is 5.97. The quantitative estimate of drug-likeness (QED) is 0.818. The molecular formula is C13H17NO2S. The van der Waals surface area contributed by atoms with Crippen molar-refractivity contribution in [3.8, 4) is 17.6 Å². The number of methoxy groups -OCH3 is 1. The molecule has 1 aromatic rings. The molecule has 0 unspecified atom stereocenters. The van der Waals surface area contributed by atoms with Crippen LogP contribution in [0.15, 0.2) is 18.2 Å². The zero-order chi connectivity index (χ0) is 12.9. The SMILES string of the molecule is COc1cc(C#N)cc(OCC(C)(C)CS)c1. The average molecular weight is 251 g/mol.